The highest BCUT2D eigenvalue weighted by Crippen LogP contribution is 2.27. The molecule has 0 fully saturated rings. The fourth-order valence-corrected chi connectivity index (χ4v) is 2.46. The van der Waals surface area contributed by atoms with Gasteiger partial charge in [0, 0.05) is 12.0 Å². The van der Waals surface area contributed by atoms with Gasteiger partial charge in [-0.3, -0.25) is 4.79 Å². The van der Waals surface area contributed by atoms with Gasteiger partial charge >= 0.3 is 0 Å². The molecule has 0 atom stereocenters. The van der Waals surface area contributed by atoms with Crippen LogP contribution in [0.5, 0.6) is 11.5 Å². The van der Waals surface area contributed by atoms with Gasteiger partial charge in [0.25, 0.3) is 0 Å². The maximum absolute atomic E-state index is 12.1. The van der Waals surface area contributed by atoms with Gasteiger partial charge in [-0.05, 0) is 49.1 Å². The Labute approximate surface area is 113 Å². The van der Waals surface area contributed by atoms with E-state index in [0.717, 1.165) is 41.9 Å². The normalized spacial score (nSPS) is 14.6. The zero-order chi connectivity index (χ0) is 13.1. The number of rotatable bonds is 2. The summed E-state index contributed by atoms with van der Waals surface area (Å²) in [6, 6.07) is 15.5. The van der Waals surface area contributed by atoms with Gasteiger partial charge in [0.15, 0.2) is 5.78 Å². The summed E-state index contributed by atoms with van der Waals surface area (Å²) in [5, 5.41) is 0. The Hall–Kier alpha value is -2.09. The lowest BCUT2D eigenvalue weighted by molar-refractivity contribution is 0.0981. The molecule has 0 bridgehead atoms. The number of Topliss-reactive ketones (excluding diaryl/α,β-unsaturated/α-hetero) is 1. The minimum atomic E-state index is 0.242. The third-order valence-corrected chi connectivity index (χ3v) is 3.46. The molecule has 1 aliphatic rings. The Bertz CT molecular complexity index is 587. The standard InChI is InChI=1S/C17H16O2/c18-17-9-5-4-6-13-10-11-15(12-16(13)17)19-14-7-2-1-3-8-14/h1-3,7-8,10-12H,4-6,9H2. The van der Waals surface area contributed by atoms with Crippen molar-refractivity contribution in [3.05, 3.63) is 59.7 Å². The van der Waals surface area contributed by atoms with E-state index in [9.17, 15) is 4.79 Å². The van der Waals surface area contributed by atoms with Gasteiger partial charge in [0.05, 0.1) is 0 Å². The van der Waals surface area contributed by atoms with Crippen LogP contribution in [0.15, 0.2) is 48.5 Å². The molecule has 0 saturated heterocycles. The molecule has 0 radical (unpaired) electrons. The third kappa shape index (κ3) is 2.68. The predicted octanol–water partition coefficient (Wildman–Crippen LogP) is 4.39. The number of benzene rings is 2. The van der Waals surface area contributed by atoms with Crippen LogP contribution in [0.25, 0.3) is 0 Å². The summed E-state index contributed by atoms with van der Waals surface area (Å²) in [5.74, 6) is 1.77. The van der Waals surface area contributed by atoms with E-state index in [2.05, 4.69) is 0 Å². The van der Waals surface area contributed by atoms with Crippen molar-refractivity contribution in [2.24, 2.45) is 0 Å². The van der Waals surface area contributed by atoms with Crippen molar-refractivity contribution in [3.8, 4) is 11.5 Å². The highest BCUT2D eigenvalue weighted by Gasteiger charge is 2.16. The van der Waals surface area contributed by atoms with Crippen molar-refractivity contribution in [2.75, 3.05) is 0 Å². The highest BCUT2D eigenvalue weighted by molar-refractivity contribution is 5.98. The van der Waals surface area contributed by atoms with Crippen LogP contribution in [0.4, 0.5) is 0 Å². The molecule has 0 unspecified atom stereocenters. The van der Waals surface area contributed by atoms with E-state index in [0.29, 0.717) is 6.42 Å². The quantitative estimate of drug-likeness (QED) is 0.741. The second-order valence-corrected chi connectivity index (χ2v) is 4.86. The molecule has 3 rings (SSSR count). The van der Waals surface area contributed by atoms with Crippen LogP contribution in [-0.2, 0) is 6.42 Å². The smallest absolute Gasteiger partial charge is 0.163 e. The van der Waals surface area contributed by atoms with Crippen LogP contribution >= 0.6 is 0 Å². The molecular formula is C17H16O2. The van der Waals surface area contributed by atoms with Crippen molar-refractivity contribution in [1.29, 1.82) is 0 Å². The lowest BCUT2D eigenvalue weighted by Crippen LogP contribution is -2.00. The van der Waals surface area contributed by atoms with Crippen molar-refractivity contribution in [1.82, 2.24) is 0 Å². The van der Waals surface area contributed by atoms with E-state index in [1.165, 1.54) is 0 Å². The van der Waals surface area contributed by atoms with E-state index >= 15 is 0 Å². The molecule has 2 aromatic rings. The topological polar surface area (TPSA) is 26.3 Å². The predicted molar refractivity (Wildman–Crippen MR) is 74.8 cm³/mol. The Balaban J connectivity index is 1.90. The van der Waals surface area contributed by atoms with E-state index < -0.39 is 0 Å². The summed E-state index contributed by atoms with van der Waals surface area (Å²) in [5.41, 5.74) is 1.99. The molecule has 0 aromatic heterocycles. The van der Waals surface area contributed by atoms with Gasteiger partial charge in [-0.1, -0.05) is 24.3 Å². The summed E-state index contributed by atoms with van der Waals surface area (Å²) >= 11 is 0. The Morgan fingerprint density at radius 3 is 2.47 bits per heavy atom. The minimum absolute atomic E-state index is 0.242. The zero-order valence-corrected chi connectivity index (χ0v) is 10.8. The molecule has 0 spiro atoms. The van der Waals surface area contributed by atoms with Crippen LogP contribution < -0.4 is 4.74 Å². The van der Waals surface area contributed by atoms with Crippen molar-refractivity contribution in [3.63, 3.8) is 0 Å². The first-order chi connectivity index (χ1) is 9.33. The molecule has 2 nitrogen and oxygen atoms in total. The first-order valence-corrected chi connectivity index (χ1v) is 6.72. The lowest BCUT2D eigenvalue weighted by atomic mass is 10.0. The largest absolute Gasteiger partial charge is 0.457 e. The molecule has 0 amide bonds. The van der Waals surface area contributed by atoms with Gasteiger partial charge < -0.3 is 4.74 Å². The molecule has 0 aliphatic heterocycles. The number of hydrogen-bond donors (Lipinski definition) is 0. The molecule has 96 valence electrons. The maximum atomic E-state index is 12.1. The molecule has 19 heavy (non-hydrogen) atoms. The number of aryl methyl sites for hydroxylation is 1. The van der Waals surface area contributed by atoms with Gasteiger partial charge in [-0.15, -0.1) is 0 Å². The Morgan fingerprint density at radius 1 is 0.842 bits per heavy atom. The highest BCUT2D eigenvalue weighted by atomic mass is 16.5. The van der Waals surface area contributed by atoms with Crippen LogP contribution in [-0.4, -0.2) is 5.78 Å². The molecule has 0 N–H and O–H groups in total. The lowest BCUT2D eigenvalue weighted by Gasteiger charge is -2.09. The summed E-state index contributed by atoms with van der Waals surface area (Å²) in [6.45, 7) is 0. The van der Waals surface area contributed by atoms with Gasteiger partial charge in [-0.2, -0.15) is 0 Å². The molecule has 2 aromatic carbocycles. The third-order valence-electron chi connectivity index (χ3n) is 3.46. The molecule has 1 aliphatic carbocycles. The molecule has 2 heteroatoms. The second-order valence-electron chi connectivity index (χ2n) is 4.86. The van der Waals surface area contributed by atoms with Gasteiger partial charge in [0.1, 0.15) is 11.5 Å². The average Bonchev–Trinajstić information content (AvgIpc) is 2.62. The minimum Gasteiger partial charge on any atom is -0.457 e. The number of fused-ring (bicyclic) bond motifs is 1. The molecule has 0 saturated carbocycles. The maximum Gasteiger partial charge on any atom is 0.163 e. The van der Waals surface area contributed by atoms with E-state index in [1.807, 2.05) is 48.5 Å². The number of carbonyl (C=O) groups excluding carboxylic acids is 1. The number of ketones is 1. The number of ether oxygens (including phenoxy) is 1. The monoisotopic (exact) mass is 252 g/mol. The van der Waals surface area contributed by atoms with Crippen LogP contribution in [0.1, 0.15) is 35.2 Å². The first-order valence-electron chi connectivity index (χ1n) is 6.72. The van der Waals surface area contributed by atoms with Crippen LogP contribution in [0, 0.1) is 0 Å². The molecular weight excluding hydrogens is 236 g/mol. The van der Waals surface area contributed by atoms with Crippen LogP contribution in [0.2, 0.25) is 0 Å². The Kier molecular flexibility index (Phi) is 3.32. The number of hydrogen-bond acceptors (Lipinski definition) is 2. The second kappa shape index (κ2) is 5.27. The zero-order valence-electron chi connectivity index (χ0n) is 10.8. The van der Waals surface area contributed by atoms with Crippen LogP contribution in [0.3, 0.4) is 0 Å². The van der Waals surface area contributed by atoms with Crippen molar-refractivity contribution in [2.45, 2.75) is 25.7 Å². The number of para-hydroxylation sites is 1. The summed E-state index contributed by atoms with van der Waals surface area (Å²) < 4.78 is 5.78. The summed E-state index contributed by atoms with van der Waals surface area (Å²) in [7, 11) is 0. The summed E-state index contributed by atoms with van der Waals surface area (Å²) in [6.07, 6.45) is 3.73. The first kappa shape index (κ1) is 12.0. The molecule has 0 heterocycles. The SMILES string of the molecule is O=C1CCCCc2ccc(Oc3ccccc3)cc21. The number of carbonyl (C=O) groups is 1. The van der Waals surface area contributed by atoms with E-state index in [-0.39, 0.29) is 5.78 Å². The Morgan fingerprint density at radius 2 is 1.63 bits per heavy atom. The van der Waals surface area contributed by atoms with Gasteiger partial charge in [-0.25, -0.2) is 0 Å². The summed E-state index contributed by atoms with van der Waals surface area (Å²) in [4.78, 5) is 12.1. The fourth-order valence-electron chi connectivity index (χ4n) is 2.46. The van der Waals surface area contributed by atoms with E-state index in [4.69, 9.17) is 4.74 Å². The average molecular weight is 252 g/mol. The van der Waals surface area contributed by atoms with Crippen molar-refractivity contribution < 1.29 is 9.53 Å². The van der Waals surface area contributed by atoms with Crippen molar-refractivity contribution >= 4 is 5.78 Å². The fraction of sp³-hybridized carbons (Fsp3) is 0.235. The van der Waals surface area contributed by atoms with Gasteiger partial charge in [0.2, 0.25) is 0 Å². The van der Waals surface area contributed by atoms with E-state index in [1.54, 1.807) is 0 Å².